The molecule has 3 aromatic heterocycles. The zero-order chi connectivity index (χ0) is 23.4. The molecule has 1 amide bonds. The van der Waals surface area contributed by atoms with Crippen molar-refractivity contribution in [1.82, 2.24) is 29.5 Å². The van der Waals surface area contributed by atoms with E-state index in [9.17, 15) is 22.4 Å². The van der Waals surface area contributed by atoms with E-state index >= 15 is 0 Å². The minimum Gasteiger partial charge on any atom is -0.309 e. The summed E-state index contributed by atoms with van der Waals surface area (Å²) in [4.78, 5) is 29.8. The van der Waals surface area contributed by atoms with Crippen molar-refractivity contribution in [2.24, 2.45) is 0 Å². The van der Waals surface area contributed by atoms with Crippen LogP contribution in [0.5, 0.6) is 0 Å². The molecule has 4 heterocycles. The molecule has 0 fully saturated rings. The summed E-state index contributed by atoms with van der Waals surface area (Å²) in [7, 11) is 0. The van der Waals surface area contributed by atoms with Gasteiger partial charge in [0, 0.05) is 24.6 Å². The zero-order valence-corrected chi connectivity index (χ0v) is 17.1. The fourth-order valence-electron chi connectivity index (χ4n) is 3.82. The molecule has 1 atom stereocenters. The Hall–Kier alpha value is -3.96. The van der Waals surface area contributed by atoms with Gasteiger partial charge in [-0.15, -0.1) is 0 Å². The largest absolute Gasteiger partial charge is 0.389 e. The molecule has 0 unspecified atom stereocenters. The maximum atomic E-state index is 13.4. The van der Waals surface area contributed by atoms with Crippen molar-refractivity contribution in [2.45, 2.75) is 31.4 Å². The number of amides is 1. The van der Waals surface area contributed by atoms with Gasteiger partial charge in [-0.3, -0.25) is 4.79 Å². The summed E-state index contributed by atoms with van der Waals surface area (Å²) >= 11 is 0. The van der Waals surface area contributed by atoms with E-state index in [1.807, 2.05) is 0 Å². The number of hydrogen-bond acceptors (Lipinski definition) is 6. The van der Waals surface area contributed by atoms with Gasteiger partial charge in [0.2, 0.25) is 5.91 Å². The van der Waals surface area contributed by atoms with E-state index in [0.717, 1.165) is 0 Å². The molecule has 168 valence electrons. The number of benzene rings is 1. The van der Waals surface area contributed by atoms with E-state index in [-0.39, 0.29) is 41.0 Å². The third-order valence-corrected chi connectivity index (χ3v) is 5.64. The Morgan fingerprint density at radius 1 is 1.12 bits per heavy atom. The lowest BCUT2D eigenvalue weighted by molar-refractivity contribution is -0.134. The summed E-state index contributed by atoms with van der Waals surface area (Å²) in [5.74, 6) is -0.443. The van der Waals surface area contributed by atoms with Crippen LogP contribution >= 0.6 is 0 Å². The van der Waals surface area contributed by atoms with E-state index in [1.54, 1.807) is 6.92 Å². The molecule has 0 spiro atoms. The fraction of sp³-hybridized carbons (Fsp3) is 0.238. The second-order valence-electron chi connectivity index (χ2n) is 7.76. The van der Waals surface area contributed by atoms with Crippen LogP contribution in [-0.4, -0.2) is 41.6 Å². The molecule has 12 heteroatoms. The summed E-state index contributed by atoms with van der Waals surface area (Å²) in [6.07, 6.45) is -1.67. The van der Waals surface area contributed by atoms with Crippen LogP contribution in [0, 0.1) is 5.82 Å². The normalized spacial score (nSPS) is 17.9. The molecular weight excluding hydrogens is 442 g/mol. The number of carbonyl (C=O) groups excluding carboxylic acids is 1. The van der Waals surface area contributed by atoms with Crippen LogP contribution in [0.4, 0.5) is 23.4 Å². The molecule has 1 N–H and O–H groups in total. The number of nitrogens with one attached hydrogen (secondary N) is 1. The number of hydrogen-bond donors (Lipinski definition) is 1. The Kier molecular flexibility index (Phi) is 4.62. The van der Waals surface area contributed by atoms with Gasteiger partial charge >= 0.3 is 6.18 Å². The Labute approximate surface area is 183 Å². The van der Waals surface area contributed by atoms with Gasteiger partial charge in [-0.05, 0) is 24.6 Å². The van der Waals surface area contributed by atoms with Crippen molar-refractivity contribution < 1.29 is 22.4 Å². The first kappa shape index (κ1) is 20.9. The number of anilines is 1. The van der Waals surface area contributed by atoms with Crippen LogP contribution < -0.4 is 5.32 Å². The summed E-state index contributed by atoms with van der Waals surface area (Å²) in [6, 6.07) is 5.57. The minimum absolute atomic E-state index is 0.100. The van der Waals surface area contributed by atoms with Gasteiger partial charge in [-0.25, -0.2) is 28.8 Å². The molecule has 1 aromatic carbocycles. The van der Waals surface area contributed by atoms with Crippen molar-refractivity contribution in [3.63, 3.8) is 0 Å². The number of aromatic nitrogens is 6. The van der Waals surface area contributed by atoms with E-state index in [1.165, 1.54) is 47.5 Å². The quantitative estimate of drug-likeness (QED) is 0.472. The molecule has 8 nitrogen and oxygen atoms in total. The predicted octanol–water partition coefficient (Wildman–Crippen LogP) is 3.47. The maximum absolute atomic E-state index is 13.4. The molecule has 4 aromatic rings. The van der Waals surface area contributed by atoms with Gasteiger partial charge in [0.15, 0.2) is 11.5 Å². The smallest absolute Gasteiger partial charge is 0.309 e. The Morgan fingerprint density at radius 3 is 2.61 bits per heavy atom. The molecule has 0 aliphatic carbocycles. The highest BCUT2D eigenvalue weighted by atomic mass is 19.4. The number of aryl methyl sites for hydroxylation is 1. The van der Waals surface area contributed by atoms with Gasteiger partial charge in [0.25, 0.3) is 0 Å². The summed E-state index contributed by atoms with van der Waals surface area (Å²) in [5, 5.41) is 6.70. The fourth-order valence-corrected chi connectivity index (χ4v) is 3.82. The monoisotopic (exact) mass is 457 g/mol. The van der Waals surface area contributed by atoms with Crippen LogP contribution in [0.3, 0.4) is 0 Å². The summed E-state index contributed by atoms with van der Waals surface area (Å²) in [5.41, 5.74) is 0.406. The predicted molar refractivity (Wildman–Crippen MR) is 108 cm³/mol. The van der Waals surface area contributed by atoms with Crippen LogP contribution in [-0.2, 0) is 16.6 Å². The van der Waals surface area contributed by atoms with Gasteiger partial charge in [-0.2, -0.15) is 18.3 Å². The van der Waals surface area contributed by atoms with Crippen LogP contribution in [0.15, 0.2) is 43.0 Å². The standard InChI is InChI=1S/C21H15F4N7O/c1-20(11-2-4-12(22)5-3-11)13-8-26-17(30-16(13)31-19(20)33)15-9-32-18(27-10-28-32)14(29-15)6-7-21(23,24)25/h2-5,8-10H,6-7H2,1H3,(H,26,30,31,33)/t20-/m0/s1. The number of nitrogens with zero attached hydrogens (tertiary/aromatic N) is 6. The average Bonchev–Trinajstić information content (AvgIpc) is 3.34. The highest BCUT2D eigenvalue weighted by Crippen LogP contribution is 2.41. The lowest BCUT2D eigenvalue weighted by atomic mass is 9.78. The summed E-state index contributed by atoms with van der Waals surface area (Å²) < 4.78 is 52.9. The van der Waals surface area contributed by atoms with Gasteiger partial charge in [0.1, 0.15) is 29.1 Å². The highest BCUT2D eigenvalue weighted by Gasteiger charge is 2.45. The molecule has 1 aliphatic rings. The molecule has 0 bridgehead atoms. The molecular formula is C21H15F4N7O. The second-order valence-corrected chi connectivity index (χ2v) is 7.76. The third kappa shape index (κ3) is 3.56. The number of halogens is 4. The average molecular weight is 457 g/mol. The first-order valence-corrected chi connectivity index (χ1v) is 9.86. The molecule has 0 saturated carbocycles. The zero-order valence-electron chi connectivity index (χ0n) is 17.1. The van der Waals surface area contributed by atoms with Crippen molar-refractivity contribution in [1.29, 1.82) is 0 Å². The van der Waals surface area contributed by atoms with Crippen molar-refractivity contribution in [2.75, 3.05) is 5.32 Å². The third-order valence-electron chi connectivity index (χ3n) is 5.64. The number of alkyl halides is 3. The Bertz CT molecular complexity index is 1380. The maximum Gasteiger partial charge on any atom is 0.389 e. The van der Waals surface area contributed by atoms with E-state index < -0.39 is 23.8 Å². The number of rotatable bonds is 4. The first-order chi connectivity index (χ1) is 15.6. The van der Waals surface area contributed by atoms with E-state index in [4.69, 9.17) is 0 Å². The number of fused-ring (bicyclic) bond motifs is 2. The Morgan fingerprint density at radius 2 is 1.88 bits per heavy atom. The van der Waals surface area contributed by atoms with Crippen molar-refractivity contribution in [3.05, 3.63) is 65.6 Å². The summed E-state index contributed by atoms with van der Waals surface area (Å²) in [6.45, 7) is 1.68. The lowest BCUT2D eigenvalue weighted by Gasteiger charge is -2.22. The van der Waals surface area contributed by atoms with Crippen molar-refractivity contribution in [3.8, 4) is 11.5 Å². The van der Waals surface area contributed by atoms with Crippen LogP contribution in [0.2, 0.25) is 0 Å². The second kappa shape index (κ2) is 7.29. The molecule has 0 radical (unpaired) electrons. The van der Waals surface area contributed by atoms with Gasteiger partial charge in [0.05, 0.1) is 11.9 Å². The number of carbonyl (C=O) groups is 1. The van der Waals surface area contributed by atoms with E-state index in [0.29, 0.717) is 11.1 Å². The van der Waals surface area contributed by atoms with Crippen molar-refractivity contribution >= 4 is 17.4 Å². The van der Waals surface area contributed by atoms with Crippen LogP contribution in [0.25, 0.3) is 17.2 Å². The molecule has 0 saturated heterocycles. The first-order valence-electron chi connectivity index (χ1n) is 9.86. The minimum atomic E-state index is -4.35. The molecule has 5 rings (SSSR count). The van der Waals surface area contributed by atoms with Gasteiger partial charge < -0.3 is 5.32 Å². The SMILES string of the molecule is C[C@@]1(c2ccc(F)cc2)C(=O)Nc2nc(-c3cn4ncnc4c(CCC(F)(F)F)n3)ncc21. The molecule has 33 heavy (non-hydrogen) atoms. The van der Waals surface area contributed by atoms with E-state index in [2.05, 4.69) is 30.4 Å². The highest BCUT2D eigenvalue weighted by molar-refractivity contribution is 6.07. The molecule has 1 aliphatic heterocycles. The Balaban J connectivity index is 1.56. The topological polar surface area (TPSA) is 98.0 Å². The lowest BCUT2D eigenvalue weighted by Crippen LogP contribution is -2.32. The van der Waals surface area contributed by atoms with Crippen LogP contribution in [0.1, 0.15) is 30.2 Å². The van der Waals surface area contributed by atoms with Gasteiger partial charge in [-0.1, -0.05) is 12.1 Å².